The number of sulfonamides is 1. The Balaban J connectivity index is 2.41. The molecular weight excluding hydrogens is 289 g/mol. The van der Waals surface area contributed by atoms with Crippen LogP contribution in [0.3, 0.4) is 0 Å². The Labute approximate surface area is 115 Å². The maximum atomic E-state index is 13.9. The van der Waals surface area contributed by atoms with Crippen LogP contribution in [0.15, 0.2) is 23.1 Å². The smallest absolute Gasteiger partial charge is 0.335 e. The molecule has 6 nitrogen and oxygen atoms in total. The van der Waals surface area contributed by atoms with E-state index in [4.69, 9.17) is 9.84 Å². The predicted octanol–water partition coefficient (Wildman–Crippen LogP) is 0.933. The summed E-state index contributed by atoms with van der Waals surface area (Å²) in [5.74, 6) is -2.38. The first-order valence-electron chi connectivity index (χ1n) is 5.96. The summed E-state index contributed by atoms with van der Waals surface area (Å²) in [6.45, 7) is 2.30. The molecule has 1 aliphatic rings. The molecule has 110 valence electrons. The Morgan fingerprint density at radius 3 is 2.75 bits per heavy atom. The Hall–Kier alpha value is -1.51. The van der Waals surface area contributed by atoms with Crippen molar-refractivity contribution in [2.24, 2.45) is 0 Å². The number of hydrogen-bond acceptors (Lipinski definition) is 4. The van der Waals surface area contributed by atoms with Gasteiger partial charge in [-0.05, 0) is 25.1 Å². The van der Waals surface area contributed by atoms with Gasteiger partial charge in [-0.25, -0.2) is 17.6 Å². The highest BCUT2D eigenvalue weighted by Crippen LogP contribution is 2.23. The summed E-state index contributed by atoms with van der Waals surface area (Å²) in [5, 5.41) is 8.75. The van der Waals surface area contributed by atoms with Crippen LogP contribution in [-0.2, 0) is 14.8 Å². The van der Waals surface area contributed by atoms with Crippen LogP contribution in [0.2, 0.25) is 0 Å². The van der Waals surface area contributed by atoms with Gasteiger partial charge >= 0.3 is 5.97 Å². The normalized spacial score (nSPS) is 20.8. The number of nitrogens with zero attached hydrogens (tertiary/aromatic N) is 1. The van der Waals surface area contributed by atoms with Gasteiger partial charge in [0.1, 0.15) is 10.7 Å². The van der Waals surface area contributed by atoms with E-state index < -0.39 is 32.7 Å². The molecule has 0 amide bonds. The maximum Gasteiger partial charge on any atom is 0.335 e. The Morgan fingerprint density at radius 2 is 2.20 bits per heavy atom. The molecule has 2 rings (SSSR count). The number of hydrogen-bond donors (Lipinski definition) is 1. The van der Waals surface area contributed by atoms with E-state index in [2.05, 4.69) is 0 Å². The lowest BCUT2D eigenvalue weighted by molar-refractivity contribution is 0.0392. The third-order valence-electron chi connectivity index (χ3n) is 3.07. The second kappa shape index (κ2) is 5.47. The molecule has 1 heterocycles. The molecule has 1 fully saturated rings. The summed E-state index contributed by atoms with van der Waals surface area (Å²) in [4.78, 5) is 10.2. The van der Waals surface area contributed by atoms with E-state index in [-0.39, 0.29) is 25.3 Å². The van der Waals surface area contributed by atoms with Crippen molar-refractivity contribution >= 4 is 16.0 Å². The van der Waals surface area contributed by atoms with Gasteiger partial charge in [0.2, 0.25) is 10.0 Å². The first-order chi connectivity index (χ1) is 9.34. The Bertz CT molecular complexity index is 631. The number of carboxylic acids is 1. The van der Waals surface area contributed by atoms with Gasteiger partial charge in [0.05, 0.1) is 18.8 Å². The standard InChI is InChI=1S/C12H14FNO5S/c1-8-7-19-5-4-14(8)20(17,18)11-3-2-9(12(15)16)6-10(11)13/h2-3,6,8H,4-5,7H2,1H3,(H,15,16). The van der Waals surface area contributed by atoms with E-state index in [0.717, 1.165) is 16.4 Å². The molecule has 1 aromatic rings. The number of benzene rings is 1. The summed E-state index contributed by atoms with van der Waals surface area (Å²) in [6.07, 6.45) is 0. The van der Waals surface area contributed by atoms with Crippen molar-refractivity contribution in [1.82, 2.24) is 4.31 Å². The van der Waals surface area contributed by atoms with Crippen molar-refractivity contribution < 1.29 is 27.4 Å². The number of carbonyl (C=O) groups is 1. The number of rotatable bonds is 3. The summed E-state index contributed by atoms with van der Waals surface area (Å²) < 4.78 is 45.0. The molecule has 1 N–H and O–H groups in total. The average molecular weight is 303 g/mol. The van der Waals surface area contributed by atoms with Crippen LogP contribution in [-0.4, -0.2) is 49.6 Å². The van der Waals surface area contributed by atoms with Crippen molar-refractivity contribution in [2.45, 2.75) is 17.9 Å². The second-order valence-corrected chi connectivity index (χ2v) is 6.35. The van der Waals surface area contributed by atoms with E-state index in [0.29, 0.717) is 6.07 Å². The average Bonchev–Trinajstić information content (AvgIpc) is 2.38. The number of halogens is 1. The van der Waals surface area contributed by atoms with Gasteiger partial charge in [-0.15, -0.1) is 0 Å². The van der Waals surface area contributed by atoms with E-state index in [9.17, 15) is 17.6 Å². The molecule has 0 bridgehead atoms. The molecule has 0 saturated carbocycles. The van der Waals surface area contributed by atoms with Gasteiger partial charge in [0.15, 0.2) is 0 Å². The molecule has 1 atom stereocenters. The van der Waals surface area contributed by atoms with Crippen molar-refractivity contribution in [2.75, 3.05) is 19.8 Å². The largest absolute Gasteiger partial charge is 0.478 e. The fraction of sp³-hybridized carbons (Fsp3) is 0.417. The zero-order valence-electron chi connectivity index (χ0n) is 10.7. The van der Waals surface area contributed by atoms with Crippen LogP contribution in [0.4, 0.5) is 4.39 Å². The van der Waals surface area contributed by atoms with Gasteiger partial charge in [0.25, 0.3) is 0 Å². The molecule has 1 aromatic carbocycles. The zero-order valence-corrected chi connectivity index (χ0v) is 11.6. The van der Waals surface area contributed by atoms with Crippen LogP contribution < -0.4 is 0 Å². The highest BCUT2D eigenvalue weighted by Gasteiger charge is 2.33. The van der Waals surface area contributed by atoms with Gasteiger partial charge in [-0.3, -0.25) is 0 Å². The maximum absolute atomic E-state index is 13.9. The minimum atomic E-state index is -4.00. The molecule has 1 unspecified atom stereocenters. The fourth-order valence-electron chi connectivity index (χ4n) is 2.04. The Morgan fingerprint density at radius 1 is 1.50 bits per heavy atom. The molecule has 8 heteroatoms. The first kappa shape index (κ1) is 14.9. The van der Waals surface area contributed by atoms with Crippen molar-refractivity contribution in [3.05, 3.63) is 29.6 Å². The number of aromatic carboxylic acids is 1. The number of ether oxygens (including phenoxy) is 1. The minimum absolute atomic E-state index is 0.142. The zero-order chi connectivity index (χ0) is 14.9. The molecular formula is C12H14FNO5S. The van der Waals surface area contributed by atoms with Crippen molar-refractivity contribution in [3.8, 4) is 0 Å². The topological polar surface area (TPSA) is 83.9 Å². The molecule has 0 radical (unpaired) electrons. The van der Waals surface area contributed by atoms with E-state index in [1.807, 2.05) is 0 Å². The third-order valence-corrected chi connectivity index (χ3v) is 5.12. The van der Waals surface area contributed by atoms with Gasteiger partial charge in [-0.2, -0.15) is 4.31 Å². The fourth-order valence-corrected chi connectivity index (χ4v) is 3.69. The monoisotopic (exact) mass is 303 g/mol. The van der Waals surface area contributed by atoms with Gasteiger partial charge < -0.3 is 9.84 Å². The van der Waals surface area contributed by atoms with Crippen LogP contribution in [0.25, 0.3) is 0 Å². The summed E-state index contributed by atoms with van der Waals surface area (Å²) in [5.41, 5.74) is -0.295. The van der Waals surface area contributed by atoms with E-state index in [1.54, 1.807) is 6.92 Å². The van der Waals surface area contributed by atoms with Gasteiger partial charge in [-0.1, -0.05) is 0 Å². The summed E-state index contributed by atoms with van der Waals surface area (Å²) in [7, 11) is -4.00. The van der Waals surface area contributed by atoms with E-state index in [1.165, 1.54) is 0 Å². The molecule has 1 aliphatic heterocycles. The quantitative estimate of drug-likeness (QED) is 0.898. The molecule has 1 saturated heterocycles. The summed E-state index contributed by atoms with van der Waals surface area (Å²) >= 11 is 0. The lowest BCUT2D eigenvalue weighted by Gasteiger charge is -2.32. The Kier molecular flexibility index (Phi) is 4.07. The molecule has 0 aliphatic carbocycles. The SMILES string of the molecule is CC1COCCN1S(=O)(=O)c1ccc(C(=O)O)cc1F. The van der Waals surface area contributed by atoms with Crippen LogP contribution >= 0.6 is 0 Å². The van der Waals surface area contributed by atoms with Crippen molar-refractivity contribution in [3.63, 3.8) is 0 Å². The first-order valence-corrected chi connectivity index (χ1v) is 7.40. The molecule has 0 spiro atoms. The minimum Gasteiger partial charge on any atom is -0.478 e. The van der Waals surface area contributed by atoms with Crippen LogP contribution in [0.1, 0.15) is 17.3 Å². The number of carboxylic acid groups (broad SMARTS) is 1. The molecule has 0 aromatic heterocycles. The third kappa shape index (κ3) is 2.67. The highest BCUT2D eigenvalue weighted by molar-refractivity contribution is 7.89. The van der Waals surface area contributed by atoms with Crippen molar-refractivity contribution in [1.29, 1.82) is 0 Å². The highest BCUT2D eigenvalue weighted by atomic mass is 32.2. The lowest BCUT2D eigenvalue weighted by Crippen LogP contribution is -2.47. The van der Waals surface area contributed by atoms with E-state index >= 15 is 0 Å². The summed E-state index contributed by atoms with van der Waals surface area (Å²) in [6, 6.07) is 2.37. The molecule has 20 heavy (non-hydrogen) atoms. The second-order valence-electron chi connectivity index (χ2n) is 4.49. The lowest BCUT2D eigenvalue weighted by atomic mass is 10.2. The van der Waals surface area contributed by atoms with Gasteiger partial charge in [0, 0.05) is 12.6 Å². The van der Waals surface area contributed by atoms with Crippen LogP contribution in [0.5, 0.6) is 0 Å². The predicted molar refractivity (Wildman–Crippen MR) is 67.5 cm³/mol. The number of morpholine rings is 1. The van der Waals surface area contributed by atoms with Crippen LogP contribution in [0, 0.1) is 5.82 Å².